The van der Waals surface area contributed by atoms with E-state index in [1.54, 1.807) is 12.5 Å². The predicted molar refractivity (Wildman–Crippen MR) is 60.6 cm³/mol. The van der Waals surface area contributed by atoms with Gasteiger partial charge in [0, 0.05) is 25.8 Å². The van der Waals surface area contributed by atoms with Crippen molar-refractivity contribution in [3.8, 4) is 0 Å². The Morgan fingerprint density at radius 1 is 1.56 bits per heavy atom. The molecular formula is C11H18N4O. The average Bonchev–Trinajstić information content (AvgIpc) is 2.97. The van der Waals surface area contributed by atoms with Crippen LogP contribution in [0.25, 0.3) is 0 Å². The molecule has 2 rings (SSSR count). The van der Waals surface area contributed by atoms with Gasteiger partial charge in [-0.1, -0.05) is 0 Å². The third-order valence-electron chi connectivity index (χ3n) is 3.15. The van der Waals surface area contributed by atoms with Crippen molar-refractivity contribution >= 4 is 5.91 Å². The molecular weight excluding hydrogens is 204 g/mol. The van der Waals surface area contributed by atoms with E-state index in [0.29, 0.717) is 6.54 Å². The molecule has 0 spiro atoms. The lowest BCUT2D eigenvalue weighted by molar-refractivity contribution is -0.133. The van der Waals surface area contributed by atoms with Crippen molar-refractivity contribution in [3.05, 3.63) is 18.2 Å². The minimum absolute atomic E-state index is 0.171. The van der Waals surface area contributed by atoms with E-state index in [1.165, 1.54) is 0 Å². The lowest BCUT2D eigenvalue weighted by Gasteiger charge is -2.22. The van der Waals surface area contributed by atoms with Crippen LogP contribution in [0.15, 0.2) is 12.5 Å². The summed E-state index contributed by atoms with van der Waals surface area (Å²) in [5, 5.41) is 0. The van der Waals surface area contributed by atoms with Crippen molar-refractivity contribution in [2.24, 2.45) is 5.73 Å². The van der Waals surface area contributed by atoms with Crippen LogP contribution in [-0.4, -0.2) is 33.4 Å². The summed E-state index contributed by atoms with van der Waals surface area (Å²) in [6, 6.07) is -0.195. The first-order chi connectivity index (χ1) is 7.74. The molecule has 16 heavy (non-hydrogen) atoms. The summed E-state index contributed by atoms with van der Waals surface area (Å²) in [6.07, 6.45) is 5.63. The monoisotopic (exact) mass is 222 g/mol. The Kier molecular flexibility index (Phi) is 3.24. The van der Waals surface area contributed by atoms with Crippen LogP contribution in [-0.2, 0) is 11.3 Å². The molecule has 0 aromatic carbocycles. The highest BCUT2D eigenvalue weighted by Crippen LogP contribution is 2.16. The zero-order chi connectivity index (χ0) is 11.5. The van der Waals surface area contributed by atoms with Crippen molar-refractivity contribution in [2.45, 2.75) is 32.4 Å². The van der Waals surface area contributed by atoms with Crippen molar-refractivity contribution in [1.82, 2.24) is 14.5 Å². The third-order valence-corrected chi connectivity index (χ3v) is 3.15. The molecule has 1 atom stereocenters. The zero-order valence-electron chi connectivity index (χ0n) is 9.59. The van der Waals surface area contributed by atoms with Gasteiger partial charge >= 0.3 is 0 Å². The van der Waals surface area contributed by atoms with Gasteiger partial charge < -0.3 is 15.2 Å². The average molecular weight is 222 g/mol. The Balaban J connectivity index is 2.11. The Bertz CT molecular complexity index is 368. The molecule has 1 unspecified atom stereocenters. The Labute approximate surface area is 95.2 Å². The highest BCUT2D eigenvalue weighted by Gasteiger charge is 2.24. The summed E-state index contributed by atoms with van der Waals surface area (Å²) >= 11 is 0. The van der Waals surface area contributed by atoms with Crippen LogP contribution < -0.4 is 5.73 Å². The lowest BCUT2D eigenvalue weighted by atomic mass is 10.2. The van der Waals surface area contributed by atoms with Crippen LogP contribution in [0.4, 0.5) is 0 Å². The number of imidazole rings is 1. The van der Waals surface area contributed by atoms with Gasteiger partial charge in [0.15, 0.2) is 0 Å². The summed E-state index contributed by atoms with van der Waals surface area (Å²) in [5.74, 6) is 0.171. The summed E-state index contributed by atoms with van der Waals surface area (Å²) in [7, 11) is 0. The fourth-order valence-electron chi connectivity index (χ4n) is 2.16. The van der Waals surface area contributed by atoms with Crippen LogP contribution in [0, 0.1) is 0 Å². The van der Waals surface area contributed by atoms with Crippen LogP contribution in [0.2, 0.25) is 0 Å². The van der Waals surface area contributed by atoms with Gasteiger partial charge in [0.2, 0.25) is 5.91 Å². The van der Waals surface area contributed by atoms with Gasteiger partial charge in [0.1, 0.15) is 6.04 Å². The van der Waals surface area contributed by atoms with Gasteiger partial charge in [-0.15, -0.1) is 0 Å². The molecule has 1 saturated heterocycles. The summed E-state index contributed by atoms with van der Waals surface area (Å²) in [4.78, 5) is 18.1. The fourth-order valence-corrected chi connectivity index (χ4v) is 2.16. The second-order valence-electron chi connectivity index (χ2n) is 4.20. The first-order valence-electron chi connectivity index (χ1n) is 5.73. The van der Waals surface area contributed by atoms with E-state index >= 15 is 0 Å². The van der Waals surface area contributed by atoms with Gasteiger partial charge in [-0.3, -0.25) is 4.79 Å². The van der Waals surface area contributed by atoms with Crippen LogP contribution in [0.5, 0.6) is 0 Å². The highest BCUT2D eigenvalue weighted by molar-refractivity contribution is 5.80. The molecule has 2 heterocycles. The number of nitrogens with two attached hydrogens (primary N) is 1. The number of likely N-dealkylation sites (tertiary alicyclic amines) is 1. The molecule has 5 heteroatoms. The van der Waals surface area contributed by atoms with Crippen LogP contribution >= 0.6 is 0 Å². The normalized spacial score (nSPS) is 17.8. The molecule has 1 aliphatic heterocycles. The van der Waals surface area contributed by atoms with Gasteiger partial charge in [0.25, 0.3) is 0 Å². The predicted octanol–water partition coefficient (Wildman–Crippen LogP) is 0.525. The van der Waals surface area contributed by atoms with Crippen LogP contribution in [0.3, 0.4) is 0 Å². The van der Waals surface area contributed by atoms with E-state index in [4.69, 9.17) is 5.73 Å². The molecule has 1 aromatic heterocycles. The number of hydrogen-bond donors (Lipinski definition) is 1. The molecule has 88 valence electrons. The first-order valence-corrected chi connectivity index (χ1v) is 5.73. The molecule has 1 fully saturated rings. The number of aromatic nitrogens is 2. The van der Waals surface area contributed by atoms with E-state index in [1.807, 2.05) is 16.4 Å². The minimum atomic E-state index is -0.195. The third kappa shape index (κ3) is 1.95. The molecule has 1 amide bonds. The van der Waals surface area contributed by atoms with E-state index in [2.05, 4.69) is 4.98 Å². The minimum Gasteiger partial charge on any atom is -0.341 e. The lowest BCUT2D eigenvalue weighted by Crippen LogP contribution is -2.34. The first kappa shape index (κ1) is 11.1. The number of carbonyl (C=O) groups excluding carboxylic acids is 1. The molecule has 0 saturated carbocycles. The van der Waals surface area contributed by atoms with Crippen molar-refractivity contribution in [2.75, 3.05) is 13.1 Å². The van der Waals surface area contributed by atoms with Gasteiger partial charge in [-0.05, 0) is 19.8 Å². The molecule has 1 aromatic rings. The molecule has 5 nitrogen and oxygen atoms in total. The molecule has 1 aliphatic rings. The smallest absolute Gasteiger partial charge is 0.245 e. The van der Waals surface area contributed by atoms with Gasteiger partial charge in [0.05, 0.1) is 12.0 Å². The van der Waals surface area contributed by atoms with E-state index in [-0.39, 0.29) is 11.9 Å². The molecule has 2 N–H and O–H groups in total. The summed E-state index contributed by atoms with van der Waals surface area (Å²) in [6.45, 7) is 4.09. The Hall–Kier alpha value is -1.36. The Morgan fingerprint density at radius 2 is 2.25 bits per heavy atom. The van der Waals surface area contributed by atoms with E-state index in [0.717, 1.165) is 31.6 Å². The number of nitrogens with zero attached hydrogens (tertiary/aromatic N) is 3. The maximum absolute atomic E-state index is 12.1. The topological polar surface area (TPSA) is 64.2 Å². The van der Waals surface area contributed by atoms with E-state index < -0.39 is 0 Å². The zero-order valence-corrected chi connectivity index (χ0v) is 9.59. The Morgan fingerprint density at radius 3 is 2.88 bits per heavy atom. The number of amides is 1. The highest BCUT2D eigenvalue weighted by atomic mass is 16.2. The number of rotatable bonds is 3. The quantitative estimate of drug-likeness (QED) is 0.811. The molecule has 0 bridgehead atoms. The largest absolute Gasteiger partial charge is 0.341 e. The van der Waals surface area contributed by atoms with Gasteiger partial charge in [-0.25, -0.2) is 4.98 Å². The van der Waals surface area contributed by atoms with Gasteiger partial charge in [-0.2, -0.15) is 0 Å². The van der Waals surface area contributed by atoms with Crippen LogP contribution in [0.1, 0.15) is 31.5 Å². The maximum atomic E-state index is 12.1. The maximum Gasteiger partial charge on any atom is 0.245 e. The van der Waals surface area contributed by atoms with E-state index in [9.17, 15) is 4.79 Å². The van der Waals surface area contributed by atoms with Crippen molar-refractivity contribution < 1.29 is 4.79 Å². The molecule has 0 aliphatic carbocycles. The SMILES string of the molecule is CC(C(=O)N1CCCC1)n1cncc1CN. The second-order valence-corrected chi connectivity index (χ2v) is 4.20. The number of carbonyl (C=O) groups is 1. The number of hydrogen-bond acceptors (Lipinski definition) is 3. The van der Waals surface area contributed by atoms with Crippen molar-refractivity contribution in [3.63, 3.8) is 0 Å². The standard InChI is InChI=1S/C11H18N4O/c1-9(11(16)14-4-2-3-5-14)15-8-13-7-10(15)6-12/h7-9H,2-6,12H2,1H3. The van der Waals surface area contributed by atoms with Crippen molar-refractivity contribution in [1.29, 1.82) is 0 Å². The fraction of sp³-hybridized carbons (Fsp3) is 0.636. The molecule has 0 radical (unpaired) electrons. The second kappa shape index (κ2) is 4.65. The summed E-state index contributed by atoms with van der Waals surface area (Å²) < 4.78 is 1.86. The summed E-state index contributed by atoms with van der Waals surface area (Å²) in [5.41, 5.74) is 6.50.